The Morgan fingerprint density at radius 3 is 2.07 bits per heavy atom. The Balaban J connectivity index is 1.43. The molecule has 0 unspecified atom stereocenters. The number of aryl methyl sites for hydroxylation is 1. The van der Waals surface area contributed by atoms with E-state index in [0.29, 0.717) is 45.1 Å². The van der Waals surface area contributed by atoms with Crippen molar-refractivity contribution in [1.82, 2.24) is 14.5 Å². The average Bonchev–Trinajstić information content (AvgIpc) is 2.80. The Morgan fingerprint density at radius 2 is 1.50 bits per heavy atom. The maximum atomic E-state index is 13.2. The predicted molar refractivity (Wildman–Crippen MR) is 114 cm³/mol. The van der Waals surface area contributed by atoms with Gasteiger partial charge in [0.15, 0.2) is 11.6 Å². The van der Waals surface area contributed by atoms with Gasteiger partial charge in [0, 0.05) is 39.3 Å². The fraction of sp³-hybridized carbons (Fsp3) is 0.500. The van der Waals surface area contributed by atoms with Crippen LogP contribution in [0.1, 0.15) is 5.56 Å². The van der Waals surface area contributed by atoms with Crippen LogP contribution in [-0.4, -0.2) is 82.5 Å². The minimum Gasteiger partial charge on any atom is -0.495 e. The molecular weight excluding hydrogens is 406 g/mol. The lowest BCUT2D eigenvalue weighted by atomic mass is 10.2. The second kappa shape index (κ2) is 8.75. The summed E-state index contributed by atoms with van der Waals surface area (Å²) in [5.41, 5.74) is 0.878. The number of hydrogen-bond acceptors (Lipinski definition) is 8. The predicted octanol–water partition coefficient (Wildman–Crippen LogP) is 1.14. The molecule has 1 aromatic heterocycles. The summed E-state index contributed by atoms with van der Waals surface area (Å²) in [6.45, 7) is 6.77. The molecule has 3 heterocycles. The highest BCUT2D eigenvalue weighted by atomic mass is 32.2. The van der Waals surface area contributed by atoms with Crippen LogP contribution in [-0.2, 0) is 14.8 Å². The molecule has 4 rings (SSSR count). The average molecular weight is 434 g/mol. The highest BCUT2D eigenvalue weighted by Crippen LogP contribution is 2.29. The molecule has 162 valence electrons. The molecule has 0 N–H and O–H groups in total. The first-order chi connectivity index (χ1) is 14.5. The zero-order valence-electron chi connectivity index (χ0n) is 17.3. The number of anilines is 2. The van der Waals surface area contributed by atoms with E-state index in [2.05, 4.69) is 20.0 Å². The van der Waals surface area contributed by atoms with Gasteiger partial charge in [-0.3, -0.25) is 0 Å². The lowest BCUT2D eigenvalue weighted by Crippen LogP contribution is -2.49. The highest BCUT2D eigenvalue weighted by molar-refractivity contribution is 7.89. The van der Waals surface area contributed by atoms with E-state index >= 15 is 0 Å². The zero-order valence-corrected chi connectivity index (χ0v) is 18.1. The molecule has 0 saturated carbocycles. The van der Waals surface area contributed by atoms with E-state index in [0.717, 1.165) is 30.3 Å². The molecule has 0 amide bonds. The van der Waals surface area contributed by atoms with Gasteiger partial charge < -0.3 is 19.3 Å². The quantitative estimate of drug-likeness (QED) is 0.694. The van der Waals surface area contributed by atoms with Gasteiger partial charge in [0.1, 0.15) is 10.6 Å². The van der Waals surface area contributed by atoms with Crippen LogP contribution in [0.5, 0.6) is 5.75 Å². The lowest BCUT2D eigenvalue weighted by molar-refractivity contribution is 0.122. The maximum Gasteiger partial charge on any atom is 0.246 e. The molecule has 1 aromatic carbocycles. The second-order valence-electron chi connectivity index (χ2n) is 7.39. The summed E-state index contributed by atoms with van der Waals surface area (Å²) in [6, 6.07) is 9.12. The van der Waals surface area contributed by atoms with E-state index in [1.165, 1.54) is 11.4 Å². The number of sulfonamides is 1. The van der Waals surface area contributed by atoms with Crippen molar-refractivity contribution in [1.29, 1.82) is 0 Å². The molecule has 0 radical (unpaired) electrons. The van der Waals surface area contributed by atoms with Gasteiger partial charge in [0.2, 0.25) is 10.0 Å². The van der Waals surface area contributed by atoms with Crippen LogP contribution in [0.4, 0.5) is 11.6 Å². The fourth-order valence-electron chi connectivity index (χ4n) is 3.73. The third-order valence-electron chi connectivity index (χ3n) is 5.47. The minimum atomic E-state index is -3.63. The first-order valence-corrected chi connectivity index (χ1v) is 11.5. The van der Waals surface area contributed by atoms with Crippen molar-refractivity contribution >= 4 is 21.7 Å². The van der Waals surface area contributed by atoms with Crippen LogP contribution in [0.25, 0.3) is 0 Å². The molecular formula is C20H27N5O4S. The number of morpholine rings is 1. The highest BCUT2D eigenvalue weighted by Gasteiger charge is 2.31. The summed E-state index contributed by atoms with van der Waals surface area (Å²) < 4.78 is 38.5. The van der Waals surface area contributed by atoms with Crippen LogP contribution >= 0.6 is 0 Å². The fourth-order valence-corrected chi connectivity index (χ4v) is 5.39. The number of benzene rings is 1. The second-order valence-corrected chi connectivity index (χ2v) is 9.30. The summed E-state index contributed by atoms with van der Waals surface area (Å²) in [7, 11) is -2.14. The van der Waals surface area contributed by atoms with Gasteiger partial charge in [0.25, 0.3) is 0 Å². The third-order valence-corrected chi connectivity index (χ3v) is 7.39. The van der Waals surface area contributed by atoms with Gasteiger partial charge in [-0.2, -0.15) is 4.31 Å². The molecule has 0 bridgehead atoms. The first-order valence-electron chi connectivity index (χ1n) is 10.1. The van der Waals surface area contributed by atoms with Crippen LogP contribution in [0.2, 0.25) is 0 Å². The van der Waals surface area contributed by atoms with E-state index in [1.807, 2.05) is 25.1 Å². The topological polar surface area (TPSA) is 88.1 Å². The van der Waals surface area contributed by atoms with Gasteiger partial charge in [-0.1, -0.05) is 6.07 Å². The molecule has 2 fully saturated rings. The molecule has 2 aliphatic rings. The monoisotopic (exact) mass is 433 g/mol. The van der Waals surface area contributed by atoms with E-state index in [4.69, 9.17) is 9.47 Å². The third kappa shape index (κ3) is 4.21. The van der Waals surface area contributed by atoms with Crippen LogP contribution in [0.15, 0.2) is 35.2 Å². The van der Waals surface area contributed by atoms with Crippen LogP contribution in [0.3, 0.4) is 0 Å². The summed E-state index contributed by atoms with van der Waals surface area (Å²) >= 11 is 0. The van der Waals surface area contributed by atoms with Crippen molar-refractivity contribution in [2.24, 2.45) is 0 Å². The molecule has 10 heteroatoms. The Labute approximate surface area is 177 Å². The number of ether oxygens (including phenoxy) is 2. The number of methoxy groups -OCH3 is 1. The molecule has 0 aliphatic carbocycles. The van der Waals surface area contributed by atoms with Gasteiger partial charge in [-0.15, -0.1) is 10.2 Å². The number of aromatic nitrogens is 2. The summed E-state index contributed by atoms with van der Waals surface area (Å²) in [5, 5.41) is 8.72. The molecule has 0 spiro atoms. The Kier molecular flexibility index (Phi) is 6.07. The van der Waals surface area contributed by atoms with Crippen molar-refractivity contribution in [3.05, 3.63) is 35.9 Å². The SMILES string of the molecule is COc1ccc(C)cc1S(=O)(=O)N1CCN(c2ccc(N3CCOCC3)nn2)CC1. The van der Waals surface area contributed by atoms with Crippen molar-refractivity contribution in [3.63, 3.8) is 0 Å². The summed E-state index contributed by atoms with van der Waals surface area (Å²) in [5.74, 6) is 1.97. The Morgan fingerprint density at radius 1 is 0.900 bits per heavy atom. The Bertz CT molecular complexity index is 969. The van der Waals surface area contributed by atoms with Gasteiger partial charge >= 0.3 is 0 Å². The zero-order chi connectivity index (χ0) is 21.1. The van der Waals surface area contributed by atoms with Crippen molar-refractivity contribution < 1.29 is 17.9 Å². The number of rotatable bonds is 5. The minimum absolute atomic E-state index is 0.216. The molecule has 2 aromatic rings. The number of piperazine rings is 1. The molecule has 30 heavy (non-hydrogen) atoms. The Hall–Kier alpha value is -2.43. The summed E-state index contributed by atoms with van der Waals surface area (Å²) in [6.07, 6.45) is 0. The number of hydrogen-bond donors (Lipinski definition) is 0. The lowest BCUT2D eigenvalue weighted by Gasteiger charge is -2.35. The van der Waals surface area contributed by atoms with Crippen molar-refractivity contribution in [2.75, 3.05) is 69.4 Å². The molecule has 0 atom stereocenters. The molecule has 2 aliphatic heterocycles. The molecule has 9 nitrogen and oxygen atoms in total. The van der Waals surface area contributed by atoms with Crippen molar-refractivity contribution in [3.8, 4) is 5.75 Å². The van der Waals surface area contributed by atoms with Crippen LogP contribution in [0, 0.1) is 6.92 Å². The van der Waals surface area contributed by atoms with Gasteiger partial charge in [-0.05, 0) is 36.8 Å². The van der Waals surface area contributed by atoms with E-state index in [9.17, 15) is 8.42 Å². The summed E-state index contributed by atoms with van der Waals surface area (Å²) in [4.78, 5) is 4.43. The smallest absolute Gasteiger partial charge is 0.246 e. The number of nitrogens with zero attached hydrogens (tertiary/aromatic N) is 5. The van der Waals surface area contributed by atoms with Gasteiger partial charge in [0.05, 0.1) is 20.3 Å². The van der Waals surface area contributed by atoms with Crippen LogP contribution < -0.4 is 14.5 Å². The largest absolute Gasteiger partial charge is 0.495 e. The van der Waals surface area contributed by atoms with E-state index in [-0.39, 0.29) is 4.90 Å². The molecule has 2 saturated heterocycles. The first kappa shape index (κ1) is 20.8. The van der Waals surface area contributed by atoms with Gasteiger partial charge in [-0.25, -0.2) is 8.42 Å². The normalized spacial score (nSPS) is 18.5. The van der Waals surface area contributed by atoms with Crippen molar-refractivity contribution in [2.45, 2.75) is 11.8 Å². The standard InChI is InChI=1S/C20H27N5O4S/c1-16-3-4-17(28-2)18(15-16)30(26,27)25-9-7-23(8-10-25)19-5-6-20(22-21-19)24-11-13-29-14-12-24/h3-6,15H,7-14H2,1-2H3. The maximum absolute atomic E-state index is 13.2. The van der Waals surface area contributed by atoms with E-state index < -0.39 is 10.0 Å². The van der Waals surface area contributed by atoms with E-state index in [1.54, 1.807) is 12.1 Å².